The number of rotatable bonds is 3. The minimum Gasteiger partial charge on any atom is -0.396 e. The molecule has 0 amide bonds. The van der Waals surface area contributed by atoms with Gasteiger partial charge in [0, 0.05) is 19.7 Å². The highest BCUT2D eigenvalue weighted by atomic mass is 16.5. The van der Waals surface area contributed by atoms with E-state index in [1.807, 2.05) is 19.1 Å². The van der Waals surface area contributed by atoms with Crippen molar-refractivity contribution in [2.24, 2.45) is 0 Å². The molecule has 0 aliphatic carbocycles. The van der Waals surface area contributed by atoms with E-state index in [-0.39, 0.29) is 6.10 Å². The first-order valence-electron chi connectivity index (χ1n) is 6.41. The van der Waals surface area contributed by atoms with Crippen LogP contribution in [0.1, 0.15) is 25.3 Å². The van der Waals surface area contributed by atoms with Crippen molar-refractivity contribution in [3.05, 3.63) is 23.8 Å². The van der Waals surface area contributed by atoms with E-state index in [0.29, 0.717) is 11.3 Å². The number of nitrogens with two attached hydrogens (primary N) is 1. The Morgan fingerprint density at radius 3 is 3.11 bits per heavy atom. The van der Waals surface area contributed by atoms with Crippen molar-refractivity contribution >= 4 is 11.4 Å². The largest absolute Gasteiger partial charge is 0.396 e. The highest BCUT2D eigenvalue weighted by Gasteiger charge is 2.22. The SMILES string of the molecule is CCOC1CCCN(c2cccc(C#N)c2N)C1. The molecule has 1 aliphatic rings. The Kier molecular flexibility index (Phi) is 4.06. The highest BCUT2D eigenvalue weighted by molar-refractivity contribution is 5.74. The Morgan fingerprint density at radius 1 is 1.56 bits per heavy atom. The minimum atomic E-state index is 0.272. The fraction of sp³-hybridized carbons (Fsp3) is 0.500. The summed E-state index contributed by atoms with van der Waals surface area (Å²) in [5.41, 5.74) is 8.12. The zero-order valence-electron chi connectivity index (χ0n) is 10.7. The minimum absolute atomic E-state index is 0.272. The van der Waals surface area contributed by atoms with Crippen LogP contribution in [0.25, 0.3) is 0 Å². The summed E-state index contributed by atoms with van der Waals surface area (Å²) < 4.78 is 5.68. The molecule has 0 spiro atoms. The zero-order valence-corrected chi connectivity index (χ0v) is 10.7. The molecular weight excluding hydrogens is 226 g/mol. The maximum Gasteiger partial charge on any atom is 0.101 e. The molecule has 1 heterocycles. The normalized spacial score (nSPS) is 19.6. The number of para-hydroxylation sites is 1. The second-order valence-electron chi connectivity index (χ2n) is 4.52. The molecule has 1 saturated heterocycles. The van der Waals surface area contributed by atoms with Gasteiger partial charge in [-0.15, -0.1) is 0 Å². The summed E-state index contributed by atoms with van der Waals surface area (Å²) in [7, 11) is 0. The van der Waals surface area contributed by atoms with E-state index in [2.05, 4.69) is 11.0 Å². The Balaban J connectivity index is 2.18. The number of anilines is 2. The van der Waals surface area contributed by atoms with E-state index in [9.17, 15) is 0 Å². The molecule has 0 saturated carbocycles. The highest BCUT2D eigenvalue weighted by Crippen LogP contribution is 2.29. The molecule has 0 radical (unpaired) electrons. The fourth-order valence-corrected chi connectivity index (χ4v) is 2.46. The van der Waals surface area contributed by atoms with Crippen LogP contribution in [0.15, 0.2) is 18.2 Å². The molecular formula is C14H19N3O. The van der Waals surface area contributed by atoms with Crippen molar-refractivity contribution in [3.8, 4) is 6.07 Å². The molecule has 1 aromatic carbocycles. The van der Waals surface area contributed by atoms with Crippen LogP contribution in [-0.4, -0.2) is 25.8 Å². The van der Waals surface area contributed by atoms with Crippen LogP contribution in [0, 0.1) is 11.3 Å². The summed E-state index contributed by atoms with van der Waals surface area (Å²) in [6, 6.07) is 7.74. The van der Waals surface area contributed by atoms with Gasteiger partial charge in [-0.05, 0) is 31.9 Å². The van der Waals surface area contributed by atoms with Gasteiger partial charge in [-0.25, -0.2) is 0 Å². The predicted octanol–water partition coefficient (Wildman–Crippen LogP) is 2.15. The van der Waals surface area contributed by atoms with Gasteiger partial charge in [-0.1, -0.05) is 6.07 Å². The fourth-order valence-electron chi connectivity index (χ4n) is 2.46. The van der Waals surface area contributed by atoms with Gasteiger partial charge in [0.25, 0.3) is 0 Å². The molecule has 0 aromatic heterocycles. The van der Waals surface area contributed by atoms with Crippen molar-refractivity contribution in [3.63, 3.8) is 0 Å². The average molecular weight is 245 g/mol. The third-order valence-corrected chi connectivity index (χ3v) is 3.32. The van der Waals surface area contributed by atoms with Crippen molar-refractivity contribution < 1.29 is 4.74 Å². The van der Waals surface area contributed by atoms with E-state index < -0.39 is 0 Å². The topological polar surface area (TPSA) is 62.3 Å². The van der Waals surface area contributed by atoms with E-state index in [1.165, 1.54) is 0 Å². The molecule has 1 atom stereocenters. The summed E-state index contributed by atoms with van der Waals surface area (Å²) in [5, 5.41) is 9.00. The second kappa shape index (κ2) is 5.74. The van der Waals surface area contributed by atoms with Crippen LogP contribution in [-0.2, 0) is 4.74 Å². The van der Waals surface area contributed by atoms with Crippen molar-refractivity contribution in [2.45, 2.75) is 25.9 Å². The van der Waals surface area contributed by atoms with E-state index in [1.54, 1.807) is 6.07 Å². The maximum atomic E-state index is 9.00. The van der Waals surface area contributed by atoms with Crippen LogP contribution >= 0.6 is 0 Å². The van der Waals surface area contributed by atoms with Crippen LogP contribution in [0.5, 0.6) is 0 Å². The summed E-state index contributed by atoms with van der Waals surface area (Å²) >= 11 is 0. The third kappa shape index (κ3) is 2.57. The lowest BCUT2D eigenvalue weighted by molar-refractivity contribution is 0.0527. The number of nitrogens with zero attached hydrogens (tertiary/aromatic N) is 2. The zero-order chi connectivity index (χ0) is 13.0. The number of hydrogen-bond acceptors (Lipinski definition) is 4. The van der Waals surface area contributed by atoms with Gasteiger partial charge in [0.05, 0.1) is 23.0 Å². The van der Waals surface area contributed by atoms with E-state index in [4.69, 9.17) is 15.7 Å². The lowest BCUT2D eigenvalue weighted by Gasteiger charge is -2.34. The van der Waals surface area contributed by atoms with Gasteiger partial charge in [-0.3, -0.25) is 0 Å². The van der Waals surface area contributed by atoms with Crippen molar-refractivity contribution in [1.29, 1.82) is 5.26 Å². The van der Waals surface area contributed by atoms with E-state index >= 15 is 0 Å². The molecule has 1 aliphatic heterocycles. The first-order valence-corrected chi connectivity index (χ1v) is 6.41. The summed E-state index contributed by atoms with van der Waals surface area (Å²) in [4.78, 5) is 2.22. The maximum absolute atomic E-state index is 9.00. The Hall–Kier alpha value is -1.73. The monoisotopic (exact) mass is 245 g/mol. The Morgan fingerprint density at radius 2 is 2.39 bits per heavy atom. The van der Waals surface area contributed by atoms with Gasteiger partial charge in [0.1, 0.15) is 6.07 Å². The number of nitriles is 1. The van der Waals surface area contributed by atoms with Crippen LogP contribution < -0.4 is 10.6 Å². The molecule has 1 unspecified atom stereocenters. The number of nitrogen functional groups attached to an aromatic ring is 1. The molecule has 2 N–H and O–H groups in total. The number of hydrogen-bond donors (Lipinski definition) is 1. The van der Waals surface area contributed by atoms with Crippen molar-refractivity contribution in [1.82, 2.24) is 0 Å². The first kappa shape index (κ1) is 12.7. The van der Waals surface area contributed by atoms with Gasteiger partial charge < -0.3 is 15.4 Å². The summed E-state index contributed by atoms with van der Waals surface area (Å²) in [6.45, 7) is 4.59. The first-order chi connectivity index (χ1) is 8.76. The predicted molar refractivity (Wildman–Crippen MR) is 72.4 cm³/mol. The quantitative estimate of drug-likeness (QED) is 0.829. The van der Waals surface area contributed by atoms with Crippen LogP contribution in [0.4, 0.5) is 11.4 Å². The van der Waals surface area contributed by atoms with Gasteiger partial charge in [0.15, 0.2) is 0 Å². The third-order valence-electron chi connectivity index (χ3n) is 3.32. The van der Waals surface area contributed by atoms with Gasteiger partial charge in [-0.2, -0.15) is 5.26 Å². The molecule has 4 heteroatoms. The summed E-state index contributed by atoms with van der Waals surface area (Å²) in [5.74, 6) is 0. The van der Waals surface area contributed by atoms with Crippen LogP contribution in [0.2, 0.25) is 0 Å². The van der Waals surface area contributed by atoms with Crippen LogP contribution in [0.3, 0.4) is 0 Å². The molecule has 1 aromatic rings. The molecule has 1 fully saturated rings. The Bertz CT molecular complexity index is 451. The molecule has 2 rings (SSSR count). The second-order valence-corrected chi connectivity index (χ2v) is 4.52. The van der Waals surface area contributed by atoms with Crippen molar-refractivity contribution in [2.75, 3.05) is 30.3 Å². The Labute approximate surface area is 108 Å². The molecule has 4 nitrogen and oxygen atoms in total. The summed E-state index contributed by atoms with van der Waals surface area (Å²) in [6.07, 6.45) is 2.47. The average Bonchev–Trinajstić information content (AvgIpc) is 2.40. The number of piperidine rings is 1. The molecule has 96 valence electrons. The number of benzene rings is 1. The lowest BCUT2D eigenvalue weighted by Crippen LogP contribution is -2.40. The van der Waals surface area contributed by atoms with Gasteiger partial charge in [0.2, 0.25) is 0 Å². The standard InChI is InChI=1S/C14H19N3O/c1-2-18-12-6-4-8-17(10-12)13-7-3-5-11(9-15)14(13)16/h3,5,7,12H,2,4,6,8,10,16H2,1H3. The lowest BCUT2D eigenvalue weighted by atomic mass is 10.1. The smallest absolute Gasteiger partial charge is 0.101 e. The number of ether oxygens (including phenoxy) is 1. The molecule has 18 heavy (non-hydrogen) atoms. The molecule has 0 bridgehead atoms. The van der Waals surface area contributed by atoms with E-state index in [0.717, 1.165) is 38.2 Å². The van der Waals surface area contributed by atoms with Gasteiger partial charge >= 0.3 is 0 Å².